The molecule has 6 bridgehead atoms. The average Bonchev–Trinajstić information content (AvgIpc) is 0.770. The number of amides is 3. The van der Waals surface area contributed by atoms with E-state index in [-0.39, 0.29) is 183 Å². The Morgan fingerprint density at radius 2 is 0.703 bits per heavy atom. The maximum Gasteiger partial charge on any atom is 0.410 e. The maximum atomic E-state index is 12.9. The van der Waals surface area contributed by atoms with E-state index in [0.29, 0.717) is 57.9 Å². The van der Waals surface area contributed by atoms with Gasteiger partial charge in [-0.05, 0) is 205 Å². The number of nitrogens with zero attached hydrogens (tertiary/aromatic N) is 6. The molecule has 2 N–H and O–H groups in total. The third-order valence-electron chi connectivity index (χ3n) is 21.4. The van der Waals surface area contributed by atoms with E-state index >= 15 is 0 Å². The van der Waals surface area contributed by atoms with Crippen LogP contribution in [0.5, 0.6) is 17.2 Å². The fourth-order valence-corrected chi connectivity index (χ4v) is 14.6. The number of benzene rings is 3. The molecule has 6 aliphatic rings. The first-order valence-electron chi connectivity index (χ1n) is 36.1. The molecule has 0 radical (unpaired) electrons. The van der Waals surface area contributed by atoms with Crippen molar-refractivity contribution in [3.63, 3.8) is 0 Å². The van der Waals surface area contributed by atoms with Gasteiger partial charge < -0.3 is 66.9 Å². The van der Waals surface area contributed by atoms with Crippen molar-refractivity contribution in [2.75, 3.05) is 101 Å². The molecule has 24 heteroatoms. The number of carbonyl (C=O) groups excluding carboxylic acids is 5. The zero-order valence-electron chi connectivity index (χ0n) is 65.2. The Morgan fingerprint density at radius 1 is 0.423 bits per heavy atom. The highest BCUT2D eigenvalue weighted by Gasteiger charge is 2.46. The molecule has 22 nitrogen and oxygen atoms in total. The molecule has 0 aliphatic carbocycles. The summed E-state index contributed by atoms with van der Waals surface area (Å²) < 4.78 is 51.6. The van der Waals surface area contributed by atoms with E-state index in [4.69, 9.17) is 47.1 Å². The summed E-state index contributed by atoms with van der Waals surface area (Å²) in [5, 5.41) is 19.5. The molecule has 6 unspecified atom stereocenters. The number of likely N-dealkylation sites (N-methyl/N-ethyl adjacent to an activating group) is 3. The van der Waals surface area contributed by atoms with Gasteiger partial charge in [0.2, 0.25) is 5.91 Å². The molecule has 3 saturated heterocycles. The largest absolute Gasteiger partial charge is 0.469 e. The van der Waals surface area contributed by atoms with Crippen LogP contribution in [0.4, 0.5) is 9.59 Å². The number of carbonyl (C=O) groups is 5. The molecule has 3 fully saturated rings. The van der Waals surface area contributed by atoms with Crippen molar-refractivity contribution in [1.29, 1.82) is 0 Å². The highest BCUT2D eigenvalue weighted by atomic mass is 28.4. The second-order valence-electron chi connectivity index (χ2n) is 32.7. The fourth-order valence-electron chi connectivity index (χ4n) is 13.0. The smallest absolute Gasteiger partial charge is 0.410 e. The molecule has 3 amide bonds. The standard InChI is InChI=1S/C30H48N2O6Si.C27H44N2O5Si.C21H28N2O5.9CH4/c1-11-27(33)35-19-25-24(16-22-17-32(18-26(25)31(22)8)28(34)38-29(2,3)4)21-12-14-23(15-13-21)36-20-37-39(9,10)30(5,6)7;1-26(2,3)34-25(31)29-15-20-14-22(23(17-30)24(16-29)28(20)7)19-10-12-21(13-11-19)32-18-33-35(8,9)27(4,5)6;1-4-21(26)27-12-19-18(15-5-7-17(8-6-15)28-13-24)9-16-10-23(14(2)25)11-20(19)22(16)3;;;;;;;;;/h12-15,22,26H,11,16-20H2,1-10H3;10-13,20,24,30H,14-18H2,1-9H3;5-8,16,20,24H,4,9-13H2,1-3H3;9*1H4. The Kier molecular flexibility index (Phi) is 44.5. The molecule has 0 saturated carbocycles. The van der Waals surface area contributed by atoms with Gasteiger partial charge in [0.15, 0.2) is 37.0 Å². The summed E-state index contributed by atoms with van der Waals surface area (Å²) in [7, 11) is 2.48. The number of hydrogen-bond acceptors (Lipinski definition) is 19. The zero-order chi connectivity index (χ0) is 75.6. The van der Waals surface area contributed by atoms with Gasteiger partial charge in [-0.2, -0.15) is 0 Å². The number of rotatable bonds is 20. The lowest BCUT2D eigenvalue weighted by atomic mass is 9.82. The first-order chi connectivity index (χ1) is 47.6. The Balaban J connectivity index is -0.00000153. The van der Waals surface area contributed by atoms with Gasteiger partial charge >= 0.3 is 24.1 Å². The predicted molar refractivity (Wildman–Crippen MR) is 463 cm³/mol. The highest BCUT2D eigenvalue weighted by Crippen LogP contribution is 2.43. The monoisotopic (exact) mass is 1600 g/mol. The quantitative estimate of drug-likeness (QED) is 0.0464. The molecule has 0 spiro atoms. The Morgan fingerprint density at radius 3 is 0.973 bits per heavy atom. The Bertz CT molecular complexity index is 3460. The Labute approximate surface area is 676 Å². The predicted octanol–water partition coefficient (Wildman–Crippen LogP) is 18.6. The van der Waals surface area contributed by atoms with E-state index in [1.54, 1.807) is 30.6 Å². The molecule has 6 aliphatic heterocycles. The van der Waals surface area contributed by atoms with Gasteiger partial charge in [-0.1, -0.05) is 159 Å². The summed E-state index contributed by atoms with van der Waals surface area (Å²) in [6.07, 6.45) is 2.33. The molecular formula is C87H156N6O16Si2. The molecule has 111 heavy (non-hydrogen) atoms. The van der Waals surface area contributed by atoms with Crippen LogP contribution in [-0.2, 0) is 42.2 Å². The first kappa shape index (κ1) is 109. The van der Waals surface area contributed by atoms with Crippen molar-refractivity contribution in [1.82, 2.24) is 29.4 Å². The number of esters is 2. The van der Waals surface area contributed by atoms with Crippen molar-refractivity contribution in [3.8, 4) is 17.2 Å². The van der Waals surface area contributed by atoms with E-state index in [0.717, 1.165) is 75.3 Å². The van der Waals surface area contributed by atoms with E-state index in [1.807, 2.05) is 95.0 Å². The molecule has 6 heterocycles. The summed E-state index contributed by atoms with van der Waals surface area (Å²) >= 11 is 0. The van der Waals surface area contributed by atoms with Crippen LogP contribution in [0.25, 0.3) is 16.7 Å². The minimum absolute atomic E-state index is 0. The number of fused-ring (bicyclic) bond motifs is 6. The SMILES string of the molecule is C.C.C.C.C.C.C.C.C.CCC(=O)OCC1=C(c2ccc(OCO)cc2)CC2CN(C(C)=O)CC1N2C.CCC(=O)OCC1=C(c2ccc(OCO[Si](C)(C)C(C)(C)C)cc2)CC2CN(C(=O)OC(C)(C)C)CC1N2C.CN1C2CC(c3ccc(OCO[Si](C)(C)C(C)(C)C)cc3)=C(CO)C1CN(C(=O)OC(C)(C)C)C2. The topological polar surface area (TPSA) is 228 Å². The lowest BCUT2D eigenvalue weighted by Crippen LogP contribution is -2.61. The number of hydrogen-bond donors (Lipinski definition) is 2. The third-order valence-corrected chi connectivity index (χ3v) is 30.3. The summed E-state index contributed by atoms with van der Waals surface area (Å²) in [4.78, 5) is 73.8. The molecule has 9 rings (SSSR count). The second-order valence-corrected chi connectivity index (χ2v) is 42.3. The van der Waals surface area contributed by atoms with Gasteiger partial charge in [0.25, 0.3) is 0 Å². The fraction of sp³-hybridized carbons (Fsp3) is 0.667. The van der Waals surface area contributed by atoms with Crippen LogP contribution in [0.3, 0.4) is 0 Å². The van der Waals surface area contributed by atoms with Crippen molar-refractivity contribution in [2.45, 2.75) is 287 Å². The van der Waals surface area contributed by atoms with Crippen molar-refractivity contribution in [3.05, 3.63) is 106 Å². The average molecular weight is 1600 g/mol. The lowest BCUT2D eigenvalue weighted by Gasteiger charge is -2.49. The molecule has 3 aromatic carbocycles. The van der Waals surface area contributed by atoms with Gasteiger partial charge in [-0.15, -0.1) is 0 Å². The summed E-state index contributed by atoms with van der Waals surface area (Å²) in [6.45, 7) is 42.5. The summed E-state index contributed by atoms with van der Waals surface area (Å²) in [5.74, 6) is 1.71. The van der Waals surface area contributed by atoms with Crippen LogP contribution in [0, 0.1) is 0 Å². The van der Waals surface area contributed by atoms with Crippen LogP contribution in [0.2, 0.25) is 36.3 Å². The molecule has 0 aromatic heterocycles. The summed E-state index contributed by atoms with van der Waals surface area (Å²) in [6, 6.07) is 24.1. The van der Waals surface area contributed by atoms with E-state index in [9.17, 15) is 29.1 Å². The van der Waals surface area contributed by atoms with Crippen LogP contribution < -0.4 is 14.2 Å². The molecular weight excluding hydrogens is 1440 g/mol. The van der Waals surface area contributed by atoms with Gasteiger partial charge in [0.1, 0.15) is 41.7 Å². The lowest BCUT2D eigenvalue weighted by molar-refractivity contribution is -0.143. The molecule has 3 aromatic rings. The van der Waals surface area contributed by atoms with Gasteiger partial charge in [-0.25, -0.2) is 9.59 Å². The van der Waals surface area contributed by atoms with E-state index in [1.165, 1.54) is 5.57 Å². The number of piperazine rings is 3. The normalized spacial score (nSPS) is 19.7. The third kappa shape index (κ3) is 28.7. The maximum absolute atomic E-state index is 12.9. The van der Waals surface area contributed by atoms with Crippen molar-refractivity contribution >= 4 is 63.4 Å². The van der Waals surface area contributed by atoms with Crippen LogP contribution in [0.1, 0.15) is 219 Å². The van der Waals surface area contributed by atoms with Crippen LogP contribution in [-0.4, -0.2) is 234 Å². The van der Waals surface area contributed by atoms with Crippen LogP contribution in [0.15, 0.2) is 89.5 Å². The minimum Gasteiger partial charge on any atom is -0.469 e. The van der Waals surface area contributed by atoms with E-state index < -0.39 is 27.8 Å². The zero-order valence-corrected chi connectivity index (χ0v) is 67.2. The van der Waals surface area contributed by atoms with Gasteiger partial charge in [0, 0.05) is 77.2 Å². The van der Waals surface area contributed by atoms with E-state index in [2.05, 4.69) is 128 Å². The molecule has 638 valence electrons. The number of ether oxygens (including phenoxy) is 7. The summed E-state index contributed by atoms with van der Waals surface area (Å²) in [5.41, 5.74) is 8.64. The number of aliphatic hydroxyl groups excluding tert-OH is 2. The highest BCUT2D eigenvalue weighted by molar-refractivity contribution is 6.74. The van der Waals surface area contributed by atoms with Gasteiger partial charge in [-0.3, -0.25) is 29.1 Å². The second kappa shape index (κ2) is 45.5. The van der Waals surface area contributed by atoms with Crippen molar-refractivity contribution in [2.24, 2.45) is 0 Å². The minimum atomic E-state index is -1.89. The Hall–Kier alpha value is -6.62. The first-order valence-corrected chi connectivity index (χ1v) is 41.9. The number of aliphatic hydroxyl groups is 2. The van der Waals surface area contributed by atoms with Crippen molar-refractivity contribution < 1.29 is 76.2 Å². The van der Waals surface area contributed by atoms with Gasteiger partial charge in [0.05, 0.1) is 24.7 Å². The van der Waals surface area contributed by atoms with Crippen LogP contribution >= 0.6 is 0 Å². The molecule has 6 atom stereocenters.